The van der Waals surface area contributed by atoms with E-state index in [1.54, 1.807) is 18.4 Å². The number of aromatic nitrogens is 1. The van der Waals surface area contributed by atoms with Crippen LogP contribution >= 0.6 is 11.3 Å². The third-order valence-corrected chi connectivity index (χ3v) is 4.66. The number of ether oxygens (including phenoxy) is 1. The standard InChI is InChI=1S/C15H18N2OS/c1-9-14(11-5-7-12(18-2)8-6-11)17-15(19-9)13(16)10-3-4-10/h5-8,10,13H,3-4,16H2,1-2H3. The first-order chi connectivity index (χ1) is 9.19. The van der Waals surface area contributed by atoms with Crippen molar-refractivity contribution in [2.24, 2.45) is 11.7 Å². The molecular weight excluding hydrogens is 256 g/mol. The third-order valence-electron chi connectivity index (χ3n) is 3.59. The van der Waals surface area contributed by atoms with Gasteiger partial charge >= 0.3 is 0 Å². The second-order valence-electron chi connectivity index (χ2n) is 5.05. The molecule has 1 aromatic carbocycles. The van der Waals surface area contributed by atoms with Gasteiger partial charge in [-0.05, 0) is 49.9 Å². The highest BCUT2D eigenvalue weighted by Gasteiger charge is 2.31. The molecule has 19 heavy (non-hydrogen) atoms. The first kappa shape index (κ1) is 12.6. The summed E-state index contributed by atoms with van der Waals surface area (Å²) in [5, 5.41) is 1.07. The molecule has 1 aromatic heterocycles. The molecule has 1 heterocycles. The van der Waals surface area contributed by atoms with Gasteiger partial charge in [0, 0.05) is 10.4 Å². The Morgan fingerprint density at radius 1 is 1.32 bits per heavy atom. The monoisotopic (exact) mass is 274 g/mol. The van der Waals surface area contributed by atoms with Crippen LogP contribution in [0.25, 0.3) is 11.3 Å². The summed E-state index contributed by atoms with van der Waals surface area (Å²) in [6.07, 6.45) is 2.50. The molecule has 1 aliphatic rings. The molecule has 1 fully saturated rings. The number of benzene rings is 1. The molecule has 1 aliphatic carbocycles. The second-order valence-corrected chi connectivity index (χ2v) is 6.28. The number of thiazole rings is 1. The van der Waals surface area contributed by atoms with Crippen LogP contribution in [0.4, 0.5) is 0 Å². The van der Waals surface area contributed by atoms with Crippen LogP contribution in [0, 0.1) is 12.8 Å². The van der Waals surface area contributed by atoms with Gasteiger partial charge in [-0.3, -0.25) is 0 Å². The summed E-state index contributed by atoms with van der Waals surface area (Å²) < 4.78 is 5.18. The lowest BCUT2D eigenvalue weighted by Crippen LogP contribution is -2.11. The lowest BCUT2D eigenvalue weighted by Gasteiger charge is -2.05. The van der Waals surface area contributed by atoms with E-state index < -0.39 is 0 Å². The van der Waals surface area contributed by atoms with E-state index in [-0.39, 0.29) is 6.04 Å². The van der Waals surface area contributed by atoms with Gasteiger partial charge < -0.3 is 10.5 Å². The van der Waals surface area contributed by atoms with Crippen LogP contribution in [-0.4, -0.2) is 12.1 Å². The Hall–Kier alpha value is -1.39. The van der Waals surface area contributed by atoms with Crippen LogP contribution in [0.15, 0.2) is 24.3 Å². The normalized spacial score (nSPS) is 16.4. The average molecular weight is 274 g/mol. The van der Waals surface area contributed by atoms with E-state index in [0.29, 0.717) is 5.92 Å². The van der Waals surface area contributed by atoms with Gasteiger partial charge in [-0.15, -0.1) is 11.3 Å². The van der Waals surface area contributed by atoms with Crippen molar-refractivity contribution < 1.29 is 4.74 Å². The van der Waals surface area contributed by atoms with E-state index in [4.69, 9.17) is 15.5 Å². The Balaban J connectivity index is 1.90. The van der Waals surface area contributed by atoms with Gasteiger partial charge in [-0.25, -0.2) is 4.98 Å². The Labute approximate surface area is 117 Å². The smallest absolute Gasteiger partial charge is 0.118 e. The van der Waals surface area contributed by atoms with E-state index in [1.807, 2.05) is 24.3 Å². The van der Waals surface area contributed by atoms with Gasteiger partial charge in [-0.1, -0.05) is 0 Å². The number of rotatable bonds is 4. The number of methoxy groups -OCH3 is 1. The lowest BCUT2D eigenvalue weighted by atomic mass is 10.1. The SMILES string of the molecule is COc1ccc(-c2nc(C(N)C3CC3)sc2C)cc1. The largest absolute Gasteiger partial charge is 0.497 e. The van der Waals surface area contributed by atoms with Crippen molar-refractivity contribution in [3.63, 3.8) is 0 Å². The molecule has 0 amide bonds. The molecule has 4 heteroatoms. The Kier molecular flexibility index (Phi) is 3.29. The predicted octanol–water partition coefficient (Wildman–Crippen LogP) is 3.54. The van der Waals surface area contributed by atoms with Crippen molar-refractivity contribution in [1.82, 2.24) is 4.98 Å². The van der Waals surface area contributed by atoms with Gasteiger partial charge in [0.1, 0.15) is 10.8 Å². The summed E-state index contributed by atoms with van der Waals surface area (Å²) >= 11 is 1.73. The van der Waals surface area contributed by atoms with Crippen LogP contribution in [0.3, 0.4) is 0 Å². The molecule has 0 saturated heterocycles. The van der Waals surface area contributed by atoms with Gasteiger partial charge in [0.15, 0.2) is 0 Å². The highest BCUT2D eigenvalue weighted by atomic mass is 32.1. The predicted molar refractivity (Wildman–Crippen MR) is 78.5 cm³/mol. The molecule has 2 aromatic rings. The van der Waals surface area contributed by atoms with Gasteiger partial charge in [-0.2, -0.15) is 0 Å². The fourth-order valence-corrected chi connectivity index (χ4v) is 3.27. The van der Waals surface area contributed by atoms with Crippen molar-refractivity contribution in [2.75, 3.05) is 7.11 Å². The zero-order chi connectivity index (χ0) is 13.4. The maximum Gasteiger partial charge on any atom is 0.118 e. The Morgan fingerprint density at radius 3 is 2.58 bits per heavy atom. The van der Waals surface area contributed by atoms with Gasteiger partial charge in [0.25, 0.3) is 0 Å². The molecule has 1 unspecified atom stereocenters. The number of hydrogen-bond acceptors (Lipinski definition) is 4. The number of hydrogen-bond donors (Lipinski definition) is 1. The topological polar surface area (TPSA) is 48.1 Å². The molecule has 0 spiro atoms. The third kappa shape index (κ3) is 2.51. The molecule has 1 atom stereocenters. The molecule has 0 aliphatic heterocycles. The van der Waals surface area contributed by atoms with Crippen LogP contribution in [0.2, 0.25) is 0 Å². The minimum absolute atomic E-state index is 0.121. The van der Waals surface area contributed by atoms with Crippen molar-refractivity contribution in [3.8, 4) is 17.0 Å². The van der Waals surface area contributed by atoms with E-state index in [1.165, 1.54) is 17.7 Å². The van der Waals surface area contributed by atoms with Crippen molar-refractivity contribution >= 4 is 11.3 Å². The van der Waals surface area contributed by atoms with Crippen LogP contribution in [0.1, 0.15) is 28.8 Å². The number of aryl methyl sites for hydroxylation is 1. The van der Waals surface area contributed by atoms with Crippen LogP contribution in [0.5, 0.6) is 5.75 Å². The fraction of sp³-hybridized carbons (Fsp3) is 0.400. The average Bonchev–Trinajstić information content (AvgIpc) is 3.21. The fourth-order valence-electron chi connectivity index (χ4n) is 2.23. The molecule has 3 nitrogen and oxygen atoms in total. The van der Waals surface area contributed by atoms with E-state index in [0.717, 1.165) is 22.0 Å². The molecule has 2 N–H and O–H groups in total. The van der Waals surface area contributed by atoms with E-state index in [2.05, 4.69) is 6.92 Å². The molecule has 0 radical (unpaired) electrons. The Bertz CT molecular complexity index is 572. The summed E-state index contributed by atoms with van der Waals surface area (Å²) in [6, 6.07) is 8.15. The summed E-state index contributed by atoms with van der Waals surface area (Å²) in [5.74, 6) is 1.51. The van der Waals surface area contributed by atoms with Crippen LogP contribution in [-0.2, 0) is 0 Å². The summed E-state index contributed by atoms with van der Waals surface area (Å²) in [4.78, 5) is 5.98. The molecule has 3 rings (SSSR count). The molecule has 0 bridgehead atoms. The van der Waals surface area contributed by atoms with E-state index >= 15 is 0 Å². The summed E-state index contributed by atoms with van der Waals surface area (Å²) in [7, 11) is 1.68. The summed E-state index contributed by atoms with van der Waals surface area (Å²) in [6.45, 7) is 2.11. The first-order valence-electron chi connectivity index (χ1n) is 6.56. The lowest BCUT2D eigenvalue weighted by molar-refractivity contribution is 0.415. The number of nitrogens with zero attached hydrogens (tertiary/aromatic N) is 1. The molecule has 1 saturated carbocycles. The molecular formula is C15H18N2OS. The summed E-state index contributed by atoms with van der Waals surface area (Å²) in [5.41, 5.74) is 8.42. The Morgan fingerprint density at radius 2 is 2.00 bits per heavy atom. The highest BCUT2D eigenvalue weighted by molar-refractivity contribution is 7.12. The van der Waals surface area contributed by atoms with E-state index in [9.17, 15) is 0 Å². The van der Waals surface area contributed by atoms with Crippen molar-refractivity contribution in [3.05, 3.63) is 34.2 Å². The minimum Gasteiger partial charge on any atom is -0.497 e. The second kappa shape index (κ2) is 4.94. The van der Waals surface area contributed by atoms with Crippen LogP contribution < -0.4 is 10.5 Å². The van der Waals surface area contributed by atoms with Gasteiger partial charge in [0.05, 0.1) is 18.8 Å². The minimum atomic E-state index is 0.121. The zero-order valence-electron chi connectivity index (χ0n) is 11.2. The van der Waals surface area contributed by atoms with Crippen molar-refractivity contribution in [1.29, 1.82) is 0 Å². The quantitative estimate of drug-likeness (QED) is 0.927. The van der Waals surface area contributed by atoms with Gasteiger partial charge in [0.2, 0.25) is 0 Å². The molecule has 100 valence electrons. The first-order valence-corrected chi connectivity index (χ1v) is 7.38. The zero-order valence-corrected chi connectivity index (χ0v) is 12.0. The number of nitrogens with two attached hydrogens (primary N) is 1. The maximum absolute atomic E-state index is 6.23. The highest BCUT2D eigenvalue weighted by Crippen LogP contribution is 2.42. The maximum atomic E-state index is 6.23. The van der Waals surface area contributed by atoms with Crippen molar-refractivity contribution in [2.45, 2.75) is 25.8 Å².